The summed E-state index contributed by atoms with van der Waals surface area (Å²) in [6.07, 6.45) is 9.06. The minimum atomic E-state index is 0.630. The molecular formula is C16H28N2. The van der Waals surface area contributed by atoms with Gasteiger partial charge in [-0.1, -0.05) is 26.3 Å². The Morgan fingerprint density at radius 2 is 2.17 bits per heavy atom. The second-order valence-corrected chi connectivity index (χ2v) is 5.10. The van der Waals surface area contributed by atoms with Gasteiger partial charge >= 0.3 is 0 Å². The molecule has 2 heteroatoms. The van der Waals surface area contributed by atoms with Crippen molar-refractivity contribution < 1.29 is 0 Å². The molecule has 2 nitrogen and oxygen atoms in total. The lowest BCUT2D eigenvalue weighted by Crippen LogP contribution is -2.27. The van der Waals surface area contributed by atoms with Crippen LogP contribution in [0.15, 0.2) is 12.1 Å². The minimum Gasteiger partial charge on any atom is -0.359 e. The standard InChI is InChI=1S/C16H28N2/c1-5-7-9-16-13(3)12-15(18-16)10-11-17-14(4)8-6-2/h7,9,12,14,17-18H,5-6,8,10-11H2,1-4H3/b9-7-/t14-/m0/s1. The van der Waals surface area contributed by atoms with Crippen molar-refractivity contribution in [2.45, 2.75) is 59.4 Å². The highest BCUT2D eigenvalue weighted by Crippen LogP contribution is 2.12. The molecule has 0 radical (unpaired) electrons. The molecule has 0 unspecified atom stereocenters. The van der Waals surface area contributed by atoms with Gasteiger partial charge in [-0.25, -0.2) is 0 Å². The highest BCUT2D eigenvalue weighted by Gasteiger charge is 2.03. The number of aromatic amines is 1. The number of nitrogens with one attached hydrogen (secondary N) is 2. The molecule has 1 rings (SSSR count). The lowest BCUT2D eigenvalue weighted by Gasteiger charge is -2.11. The number of aromatic nitrogens is 1. The largest absolute Gasteiger partial charge is 0.359 e. The van der Waals surface area contributed by atoms with Crippen molar-refractivity contribution in [2.75, 3.05) is 6.54 Å². The van der Waals surface area contributed by atoms with E-state index in [4.69, 9.17) is 0 Å². The lowest BCUT2D eigenvalue weighted by molar-refractivity contribution is 0.511. The fourth-order valence-electron chi connectivity index (χ4n) is 2.18. The predicted octanol–water partition coefficient (Wildman–Crippen LogP) is 4.07. The number of hydrogen-bond acceptors (Lipinski definition) is 1. The molecule has 0 saturated heterocycles. The quantitative estimate of drug-likeness (QED) is 0.713. The Labute approximate surface area is 112 Å². The summed E-state index contributed by atoms with van der Waals surface area (Å²) in [7, 11) is 0. The van der Waals surface area contributed by atoms with Crippen molar-refractivity contribution in [2.24, 2.45) is 0 Å². The molecule has 0 aliphatic carbocycles. The molecule has 1 aromatic heterocycles. The van der Waals surface area contributed by atoms with Gasteiger partial charge in [0.15, 0.2) is 0 Å². The summed E-state index contributed by atoms with van der Waals surface area (Å²) < 4.78 is 0. The van der Waals surface area contributed by atoms with Crippen molar-refractivity contribution in [1.82, 2.24) is 10.3 Å². The maximum atomic E-state index is 3.57. The van der Waals surface area contributed by atoms with Crippen LogP contribution in [0.4, 0.5) is 0 Å². The summed E-state index contributed by atoms with van der Waals surface area (Å²) in [5.41, 5.74) is 3.93. The molecule has 0 saturated carbocycles. The molecule has 0 amide bonds. The monoisotopic (exact) mass is 248 g/mol. The van der Waals surface area contributed by atoms with E-state index in [-0.39, 0.29) is 0 Å². The number of aryl methyl sites for hydroxylation is 1. The van der Waals surface area contributed by atoms with Crippen molar-refractivity contribution in [3.05, 3.63) is 29.1 Å². The van der Waals surface area contributed by atoms with Crippen molar-refractivity contribution in [3.63, 3.8) is 0 Å². The van der Waals surface area contributed by atoms with Crippen molar-refractivity contribution in [3.8, 4) is 0 Å². The fourth-order valence-corrected chi connectivity index (χ4v) is 2.18. The molecule has 0 bridgehead atoms. The summed E-state index contributed by atoms with van der Waals surface area (Å²) in [5, 5.41) is 3.57. The molecule has 1 aromatic rings. The maximum absolute atomic E-state index is 3.57. The molecule has 0 fully saturated rings. The normalized spacial score (nSPS) is 13.3. The third-order valence-electron chi connectivity index (χ3n) is 3.24. The second-order valence-electron chi connectivity index (χ2n) is 5.10. The zero-order valence-corrected chi connectivity index (χ0v) is 12.3. The average Bonchev–Trinajstić information content (AvgIpc) is 2.67. The van der Waals surface area contributed by atoms with Crippen LogP contribution in [0.3, 0.4) is 0 Å². The number of hydrogen-bond donors (Lipinski definition) is 2. The number of rotatable bonds is 8. The summed E-state index contributed by atoms with van der Waals surface area (Å²) in [6, 6.07) is 2.90. The zero-order chi connectivity index (χ0) is 13.4. The van der Waals surface area contributed by atoms with E-state index < -0.39 is 0 Å². The molecule has 0 spiro atoms. The molecular weight excluding hydrogens is 220 g/mol. The van der Waals surface area contributed by atoms with Crippen LogP contribution in [0.5, 0.6) is 0 Å². The van der Waals surface area contributed by atoms with Gasteiger partial charge < -0.3 is 10.3 Å². The lowest BCUT2D eigenvalue weighted by atomic mass is 10.2. The van der Waals surface area contributed by atoms with Gasteiger partial charge in [0.1, 0.15) is 0 Å². The first-order chi connectivity index (χ1) is 8.67. The fraction of sp³-hybridized carbons (Fsp3) is 0.625. The first-order valence-electron chi connectivity index (χ1n) is 7.25. The van der Waals surface area contributed by atoms with E-state index >= 15 is 0 Å². The molecule has 1 atom stereocenters. The Morgan fingerprint density at radius 1 is 1.39 bits per heavy atom. The first kappa shape index (κ1) is 15.0. The average molecular weight is 248 g/mol. The predicted molar refractivity (Wildman–Crippen MR) is 80.9 cm³/mol. The third kappa shape index (κ3) is 5.09. The first-order valence-corrected chi connectivity index (χ1v) is 7.25. The Balaban J connectivity index is 2.41. The van der Waals surface area contributed by atoms with Gasteiger partial charge in [-0.3, -0.25) is 0 Å². The van der Waals surface area contributed by atoms with Gasteiger partial charge in [-0.2, -0.15) is 0 Å². The van der Waals surface area contributed by atoms with Gasteiger partial charge in [0, 0.05) is 24.0 Å². The molecule has 0 aromatic carbocycles. The van der Waals surface area contributed by atoms with E-state index in [1.165, 1.54) is 29.8 Å². The second kappa shape index (κ2) is 8.15. The van der Waals surface area contributed by atoms with E-state index in [2.05, 4.69) is 56.2 Å². The van der Waals surface area contributed by atoms with E-state index in [9.17, 15) is 0 Å². The highest BCUT2D eigenvalue weighted by atomic mass is 14.9. The van der Waals surface area contributed by atoms with Gasteiger partial charge in [0.25, 0.3) is 0 Å². The van der Waals surface area contributed by atoms with E-state index in [1.54, 1.807) is 0 Å². The molecule has 1 heterocycles. The van der Waals surface area contributed by atoms with Crippen LogP contribution in [0.2, 0.25) is 0 Å². The molecule has 102 valence electrons. The van der Waals surface area contributed by atoms with Gasteiger partial charge in [0.2, 0.25) is 0 Å². The Hall–Kier alpha value is -1.02. The molecule has 18 heavy (non-hydrogen) atoms. The Bertz CT molecular complexity index is 363. The zero-order valence-electron chi connectivity index (χ0n) is 12.3. The third-order valence-corrected chi connectivity index (χ3v) is 3.24. The molecule has 0 aliphatic rings. The summed E-state index contributed by atoms with van der Waals surface area (Å²) in [5.74, 6) is 0. The smallest absolute Gasteiger partial charge is 0.0408 e. The van der Waals surface area contributed by atoms with Crippen LogP contribution in [-0.4, -0.2) is 17.6 Å². The summed E-state index contributed by atoms with van der Waals surface area (Å²) in [4.78, 5) is 3.50. The minimum absolute atomic E-state index is 0.630. The molecule has 2 N–H and O–H groups in total. The highest BCUT2D eigenvalue weighted by molar-refractivity contribution is 5.50. The molecule has 0 aliphatic heterocycles. The Morgan fingerprint density at radius 3 is 2.83 bits per heavy atom. The van der Waals surface area contributed by atoms with Gasteiger partial charge in [0.05, 0.1) is 0 Å². The summed E-state index contributed by atoms with van der Waals surface area (Å²) in [6.45, 7) is 9.88. The van der Waals surface area contributed by atoms with Crippen LogP contribution in [0.1, 0.15) is 57.0 Å². The number of allylic oxidation sites excluding steroid dienone is 1. The Kier molecular flexibility index (Phi) is 6.81. The van der Waals surface area contributed by atoms with Crippen LogP contribution in [-0.2, 0) is 6.42 Å². The summed E-state index contributed by atoms with van der Waals surface area (Å²) >= 11 is 0. The van der Waals surface area contributed by atoms with Crippen molar-refractivity contribution in [1.29, 1.82) is 0 Å². The van der Waals surface area contributed by atoms with Crippen LogP contribution in [0, 0.1) is 6.92 Å². The van der Waals surface area contributed by atoms with Crippen LogP contribution >= 0.6 is 0 Å². The van der Waals surface area contributed by atoms with E-state index in [0.717, 1.165) is 19.4 Å². The van der Waals surface area contributed by atoms with Crippen LogP contribution in [0.25, 0.3) is 6.08 Å². The van der Waals surface area contributed by atoms with E-state index in [0.29, 0.717) is 6.04 Å². The number of H-pyrrole nitrogens is 1. The topological polar surface area (TPSA) is 27.8 Å². The maximum Gasteiger partial charge on any atom is 0.0408 e. The van der Waals surface area contributed by atoms with Crippen LogP contribution < -0.4 is 5.32 Å². The van der Waals surface area contributed by atoms with Gasteiger partial charge in [-0.05, 0) is 50.8 Å². The van der Waals surface area contributed by atoms with Gasteiger partial charge in [-0.15, -0.1) is 0 Å². The van der Waals surface area contributed by atoms with Crippen molar-refractivity contribution >= 4 is 6.08 Å². The SMILES string of the molecule is CC/C=C\c1[nH]c(CCN[C@@H](C)CCC)cc1C. The van der Waals surface area contributed by atoms with E-state index in [1.807, 2.05) is 0 Å².